The molecule has 2 rings (SSSR count). The molecule has 5 nitrogen and oxygen atoms in total. The minimum atomic E-state index is 0.0625. The van der Waals surface area contributed by atoms with Gasteiger partial charge in [-0.3, -0.25) is 4.79 Å². The van der Waals surface area contributed by atoms with Gasteiger partial charge in [-0.15, -0.1) is 0 Å². The Labute approximate surface area is 155 Å². The Balaban J connectivity index is 1.85. The third kappa shape index (κ3) is 6.08. The van der Waals surface area contributed by atoms with Crippen LogP contribution in [0.5, 0.6) is 11.5 Å². The van der Waals surface area contributed by atoms with E-state index in [1.807, 2.05) is 37.8 Å². The lowest BCUT2D eigenvalue weighted by atomic mass is 10.2. The zero-order chi connectivity index (χ0) is 18.2. The van der Waals surface area contributed by atoms with E-state index in [9.17, 15) is 4.79 Å². The van der Waals surface area contributed by atoms with Crippen LogP contribution in [0.15, 0.2) is 12.1 Å². The summed E-state index contributed by atoms with van der Waals surface area (Å²) in [6, 6.07) is 3.77. The second-order valence-electron chi connectivity index (χ2n) is 6.50. The van der Waals surface area contributed by atoms with Gasteiger partial charge in [-0.05, 0) is 51.8 Å². The summed E-state index contributed by atoms with van der Waals surface area (Å²) >= 11 is 6.39. The lowest BCUT2D eigenvalue weighted by Gasteiger charge is -2.17. The standard InChI is InChI=1S/C19H29ClN2O3/c1-4-24-17-11-15(16(20)12-18(17)25-14(2)3)13-21-8-6-10-22-9-5-7-19(22)23/h11-12,14,21H,4-10,13H2,1-3H3. The summed E-state index contributed by atoms with van der Waals surface area (Å²) in [7, 11) is 0. The number of nitrogens with one attached hydrogen (secondary N) is 1. The molecule has 0 atom stereocenters. The largest absolute Gasteiger partial charge is 0.490 e. The van der Waals surface area contributed by atoms with Crippen molar-refractivity contribution in [3.63, 3.8) is 0 Å². The number of hydrogen-bond acceptors (Lipinski definition) is 4. The molecule has 1 N–H and O–H groups in total. The fourth-order valence-corrected chi connectivity index (χ4v) is 3.11. The van der Waals surface area contributed by atoms with E-state index >= 15 is 0 Å². The maximum Gasteiger partial charge on any atom is 0.222 e. The van der Waals surface area contributed by atoms with E-state index in [-0.39, 0.29) is 12.0 Å². The number of carbonyl (C=O) groups is 1. The Morgan fingerprint density at radius 1 is 1.32 bits per heavy atom. The highest BCUT2D eigenvalue weighted by Crippen LogP contribution is 2.34. The van der Waals surface area contributed by atoms with E-state index in [0.717, 1.165) is 43.8 Å². The first kappa shape index (κ1) is 19.9. The van der Waals surface area contributed by atoms with Gasteiger partial charge in [0.25, 0.3) is 0 Å². The normalized spacial score (nSPS) is 14.4. The first-order valence-electron chi connectivity index (χ1n) is 9.11. The number of likely N-dealkylation sites (tertiary alicyclic amines) is 1. The average Bonchev–Trinajstić information content (AvgIpc) is 2.95. The zero-order valence-corrected chi connectivity index (χ0v) is 16.2. The van der Waals surface area contributed by atoms with Gasteiger partial charge in [0.15, 0.2) is 11.5 Å². The second-order valence-corrected chi connectivity index (χ2v) is 6.91. The van der Waals surface area contributed by atoms with Crippen molar-refractivity contribution in [2.24, 2.45) is 0 Å². The fourth-order valence-electron chi connectivity index (χ4n) is 2.89. The van der Waals surface area contributed by atoms with Crippen molar-refractivity contribution in [3.05, 3.63) is 22.7 Å². The summed E-state index contributed by atoms with van der Waals surface area (Å²) in [4.78, 5) is 13.5. The molecule has 0 bridgehead atoms. The van der Waals surface area contributed by atoms with Crippen LogP contribution in [-0.4, -0.2) is 43.2 Å². The highest BCUT2D eigenvalue weighted by atomic mass is 35.5. The topological polar surface area (TPSA) is 50.8 Å². The summed E-state index contributed by atoms with van der Waals surface area (Å²) in [6.45, 7) is 9.71. The Kier molecular flexibility index (Phi) is 7.85. The number of benzene rings is 1. The molecule has 1 aliphatic rings. The van der Waals surface area contributed by atoms with Crippen molar-refractivity contribution in [1.82, 2.24) is 10.2 Å². The Bertz CT molecular complexity index is 578. The predicted molar refractivity (Wildman–Crippen MR) is 101 cm³/mol. The minimum absolute atomic E-state index is 0.0625. The van der Waals surface area contributed by atoms with Crippen LogP contribution in [0.2, 0.25) is 5.02 Å². The Morgan fingerprint density at radius 2 is 2.12 bits per heavy atom. The second kappa shape index (κ2) is 9.88. The van der Waals surface area contributed by atoms with Crippen molar-refractivity contribution in [2.75, 3.05) is 26.2 Å². The Morgan fingerprint density at radius 3 is 2.76 bits per heavy atom. The number of hydrogen-bond donors (Lipinski definition) is 1. The van der Waals surface area contributed by atoms with Gasteiger partial charge in [-0.2, -0.15) is 0 Å². The van der Waals surface area contributed by atoms with Crippen LogP contribution in [-0.2, 0) is 11.3 Å². The van der Waals surface area contributed by atoms with E-state index in [1.165, 1.54) is 0 Å². The molecule has 0 saturated carbocycles. The van der Waals surface area contributed by atoms with Crippen LogP contribution >= 0.6 is 11.6 Å². The quantitative estimate of drug-likeness (QED) is 0.641. The summed E-state index contributed by atoms with van der Waals surface area (Å²) in [5, 5.41) is 4.06. The fraction of sp³-hybridized carbons (Fsp3) is 0.632. The van der Waals surface area contributed by atoms with Gasteiger partial charge < -0.3 is 19.7 Å². The summed E-state index contributed by atoms with van der Waals surface area (Å²) in [5.74, 6) is 1.68. The van der Waals surface area contributed by atoms with Crippen molar-refractivity contribution in [1.29, 1.82) is 0 Å². The Hall–Kier alpha value is -1.46. The van der Waals surface area contributed by atoms with E-state index in [0.29, 0.717) is 30.3 Å². The van der Waals surface area contributed by atoms with E-state index < -0.39 is 0 Å². The third-order valence-corrected chi connectivity index (χ3v) is 4.40. The molecule has 1 heterocycles. The molecule has 0 radical (unpaired) electrons. The summed E-state index contributed by atoms with van der Waals surface area (Å²) in [5.41, 5.74) is 0.985. The van der Waals surface area contributed by atoms with Crippen molar-refractivity contribution < 1.29 is 14.3 Å². The molecule has 1 aromatic rings. The van der Waals surface area contributed by atoms with E-state index in [4.69, 9.17) is 21.1 Å². The minimum Gasteiger partial charge on any atom is -0.490 e. The predicted octanol–water partition coefficient (Wildman–Crippen LogP) is 3.63. The molecule has 0 unspecified atom stereocenters. The maximum absolute atomic E-state index is 11.6. The molecular weight excluding hydrogens is 340 g/mol. The summed E-state index contributed by atoms with van der Waals surface area (Å²) in [6.07, 6.45) is 2.70. The molecule has 0 aliphatic carbocycles. The molecular formula is C19H29ClN2O3. The SMILES string of the molecule is CCOc1cc(CNCCCN2CCCC2=O)c(Cl)cc1OC(C)C. The molecule has 0 spiro atoms. The molecule has 1 aromatic carbocycles. The van der Waals surface area contributed by atoms with Crippen LogP contribution < -0.4 is 14.8 Å². The lowest BCUT2D eigenvalue weighted by molar-refractivity contribution is -0.127. The van der Waals surface area contributed by atoms with Gasteiger partial charge in [0.05, 0.1) is 12.7 Å². The molecule has 1 aliphatic heterocycles. The van der Waals surface area contributed by atoms with Crippen molar-refractivity contribution in [3.8, 4) is 11.5 Å². The van der Waals surface area contributed by atoms with Crippen LogP contribution in [0.3, 0.4) is 0 Å². The van der Waals surface area contributed by atoms with Gasteiger partial charge in [0, 0.05) is 37.1 Å². The first-order valence-corrected chi connectivity index (χ1v) is 9.49. The van der Waals surface area contributed by atoms with Crippen molar-refractivity contribution in [2.45, 2.75) is 52.7 Å². The highest BCUT2D eigenvalue weighted by Gasteiger charge is 2.19. The molecule has 0 aromatic heterocycles. The van der Waals surface area contributed by atoms with Crippen LogP contribution in [0, 0.1) is 0 Å². The van der Waals surface area contributed by atoms with Gasteiger partial charge >= 0.3 is 0 Å². The monoisotopic (exact) mass is 368 g/mol. The number of rotatable bonds is 10. The number of carbonyl (C=O) groups excluding carboxylic acids is 1. The number of ether oxygens (including phenoxy) is 2. The molecule has 6 heteroatoms. The molecule has 1 amide bonds. The molecule has 25 heavy (non-hydrogen) atoms. The first-order chi connectivity index (χ1) is 12.0. The lowest BCUT2D eigenvalue weighted by Crippen LogP contribution is -2.28. The number of amides is 1. The van der Waals surface area contributed by atoms with Gasteiger partial charge in [0.2, 0.25) is 5.91 Å². The average molecular weight is 369 g/mol. The number of halogens is 1. The van der Waals surface area contributed by atoms with Gasteiger partial charge in [0.1, 0.15) is 0 Å². The van der Waals surface area contributed by atoms with E-state index in [1.54, 1.807) is 0 Å². The molecule has 1 saturated heterocycles. The molecule has 140 valence electrons. The van der Waals surface area contributed by atoms with Crippen LogP contribution in [0.4, 0.5) is 0 Å². The van der Waals surface area contributed by atoms with Crippen molar-refractivity contribution >= 4 is 17.5 Å². The number of nitrogens with zero attached hydrogens (tertiary/aromatic N) is 1. The maximum atomic E-state index is 11.6. The summed E-state index contributed by atoms with van der Waals surface area (Å²) < 4.78 is 11.5. The smallest absolute Gasteiger partial charge is 0.222 e. The van der Waals surface area contributed by atoms with Crippen LogP contribution in [0.1, 0.15) is 45.6 Å². The third-order valence-electron chi connectivity index (χ3n) is 4.04. The van der Waals surface area contributed by atoms with Gasteiger partial charge in [-0.25, -0.2) is 0 Å². The highest BCUT2D eigenvalue weighted by molar-refractivity contribution is 6.31. The molecule has 1 fully saturated rings. The van der Waals surface area contributed by atoms with Crippen LogP contribution in [0.25, 0.3) is 0 Å². The van der Waals surface area contributed by atoms with Gasteiger partial charge in [-0.1, -0.05) is 11.6 Å². The zero-order valence-electron chi connectivity index (χ0n) is 15.4. The van der Waals surface area contributed by atoms with E-state index in [2.05, 4.69) is 5.32 Å².